The van der Waals surface area contributed by atoms with E-state index in [2.05, 4.69) is 123 Å². The number of fused-ring (bicyclic) bond motifs is 3. The Morgan fingerprint density at radius 1 is 0.889 bits per heavy atom. The van der Waals surface area contributed by atoms with Gasteiger partial charge in [-0.05, 0) is 61.6 Å². The fourth-order valence-electron chi connectivity index (χ4n) is 6.60. The van der Waals surface area contributed by atoms with Gasteiger partial charge in [0.1, 0.15) is 5.69 Å². The molecule has 3 heterocycles. The summed E-state index contributed by atoms with van der Waals surface area (Å²) in [7, 11) is 0. The van der Waals surface area contributed by atoms with Gasteiger partial charge in [-0.2, -0.15) is 4.57 Å². The number of aromatic nitrogens is 4. The van der Waals surface area contributed by atoms with Crippen molar-refractivity contribution in [3.05, 3.63) is 84.2 Å². The third-order valence-corrected chi connectivity index (χ3v) is 8.90. The molecule has 2 aromatic heterocycles. The van der Waals surface area contributed by atoms with Crippen LogP contribution in [0.1, 0.15) is 77.8 Å². The molecule has 1 atom stereocenters. The summed E-state index contributed by atoms with van der Waals surface area (Å²) in [6, 6.07) is 22.2. The van der Waals surface area contributed by atoms with Crippen LogP contribution in [-0.2, 0) is 17.4 Å². The molecule has 0 fully saturated rings. The molecule has 5 rings (SSSR count). The van der Waals surface area contributed by atoms with E-state index >= 15 is 0 Å². The van der Waals surface area contributed by atoms with Crippen LogP contribution in [0.5, 0.6) is 0 Å². The van der Waals surface area contributed by atoms with Crippen LogP contribution in [-0.4, -0.2) is 15.0 Å². The van der Waals surface area contributed by atoms with Crippen molar-refractivity contribution in [1.82, 2.24) is 15.0 Å². The minimum Gasteiger partial charge on any atom is -0.220 e. The van der Waals surface area contributed by atoms with Gasteiger partial charge in [0.05, 0.1) is 22.9 Å². The first-order chi connectivity index (χ1) is 17.5. The molecule has 0 amide bonds. The minimum absolute atomic E-state index is 0.0375. The molecule has 186 valence electrons. The van der Waals surface area contributed by atoms with E-state index in [0.717, 1.165) is 42.6 Å². The number of aryl methyl sites for hydroxylation is 1. The molecule has 0 saturated carbocycles. The molecule has 0 aliphatic carbocycles. The SMILES string of the molecule is CCCCc1cccc(-c2cn(-c3ccc4c(c3)-c3cccc[n+]3C(CC)(CC)C4(C)CC)nn2)c1. The van der Waals surface area contributed by atoms with E-state index in [9.17, 15) is 0 Å². The Kier molecular flexibility index (Phi) is 6.55. The number of nitrogens with zero attached hydrogens (tertiary/aromatic N) is 4. The quantitative estimate of drug-likeness (QED) is 0.246. The second kappa shape index (κ2) is 9.65. The zero-order chi connectivity index (χ0) is 25.3. The minimum atomic E-state index is 0.0375. The summed E-state index contributed by atoms with van der Waals surface area (Å²) < 4.78 is 4.48. The predicted octanol–water partition coefficient (Wildman–Crippen LogP) is 7.43. The second-order valence-electron chi connectivity index (χ2n) is 10.5. The van der Waals surface area contributed by atoms with Crippen molar-refractivity contribution in [3.63, 3.8) is 0 Å². The highest BCUT2D eigenvalue weighted by molar-refractivity contribution is 5.69. The lowest BCUT2D eigenvalue weighted by Gasteiger charge is -2.47. The van der Waals surface area contributed by atoms with Crippen molar-refractivity contribution in [2.75, 3.05) is 0 Å². The van der Waals surface area contributed by atoms with Gasteiger partial charge in [0.25, 0.3) is 0 Å². The van der Waals surface area contributed by atoms with Crippen molar-refractivity contribution in [1.29, 1.82) is 0 Å². The maximum absolute atomic E-state index is 4.54. The molecule has 0 N–H and O–H groups in total. The maximum Gasteiger partial charge on any atom is 0.213 e. The van der Waals surface area contributed by atoms with Gasteiger partial charge in [-0.25, -0.2) is 4.68 Å². The first kappa shape index (κ1) is 24.4. The van der Waals surface area contributed by atoms with Gasteiger partial charge in [-0.3, -0.25) is 0 Å². The molecule has 36 heavy (non-hydrogen) atoms. The molecule has 0 bridgehead atoms. The van der Waals surface area contributed by atoms with E-state index in [1.807, 2.05) is 4.68 Å². The highest BCUT2D eigenvalue weighted by atomic mass is 15.4. The smallest absolute Gasteiger partial charge is 0.213 e. The Labute approximate surface area is 216 Å². The molecule has 0 radical (unpaired) electrons. The molecule has 1 aliphatic rings. The number of hydrogen-bond acceptors (Lipinski definition) is 2. The molecule has 4 nitrogen and oxygen atoms in total. The number of pyridine rings is 1. The summed E-state index contributed by atoms with van der Waals surface area (Å²) in [6.45, 7) is 11.7. The maximum atomic E-state index is 4.54. The number of benzene rings is 2. The van der Waals surface area contributed by atoms with Crippen LogP contribution in [0.3, 0.4) is 0 Å². The summed E-state index contributed by atoms with van der Waals surface area (Å²) >= 11 is 0. The average Bonchev–Trinajstić information content (AvgIpc) is 3.43. The molecule has 0 saturated heterocycles. The third kappa shape index (κ3) is 3.70. The van der Waals surface area contributed by atoms with E-state index in [-0.39, 0.29) is 11.0 Å². The largest absolute Gasteiger partial charge is 0.220 e. The first-order valence-electron chi connectivity index (χ1n) is 13.7. The summed E-state index contributed by atoms with van der Waals surface area (Å²) in [5.74, 6) is 0. The number of rotatable bonds is 8. The molecular weight excluding hydrogens is 440 g/mol. The summed E-state index contributed by atoms with van der Waals surface area (Å²) in [6.07, 6.45) is 11.1. The van der Waals surface area contributed by atoms with Crippen molar-refractivity contribution in [3.8, 4) is 28.2 Å². The van der Waals surface area contributed by atoms with Gasteiger partial charge in [0.2, 0.25) is 5.69 Å². The number of unbranched alkanes of at least 4 members (excludes halogenated alkanes) is 1. The zero-order valence-electron chi connectivity index (χ0n) is 22.5. The van der Waals surface area contributed by atoms with Crippen LogP contribution in [0.15, 0.2) is 73.1 Å². The van der Waals surface area contributed by atoms with Gasteiger partial charge in [-0.1, -0.05) is 63.6 Å². The highest BCUT2D eigenvalue weighted by Gasteiger charge is 2.58. The van der Waals surface area contributed by atoms with E-state index in [1.54, 1.807) is 0 Å². The van der Waals surface area contributed by atoms with Crippen LogP contribution in [0.2, 0.25) is 0 Å². The topological polar surface area (TPSA) is 34.6 Å². The van der Waals surface area contributed by atoms with Crippen LogP contribution < -0.4 is 4.57 Å². The first-order valence-corrected chi connectivity index (χ1v) is 13.7. The Morgan fingerprint density at radius 3 is 2.47 bits per heavy atom. The Hall–Kier alpha value is -3.27. The van der Waals surface area contributed by atoms with Gasteiger partial charge < -0.3 is 0 Å². The Morgan fingerprint density at radius 2 is 1.72 bits per heavy atom. The molecule has 1 aliphatic heterocycles. The van der Waals surface area contributed by atoms with Gasteiger partial charge in [-0.15, -0.1) is 5.10 Å². The average molecular weight is 480 g/mol. The van der Waals surface area contributed by atoms with Crippen LogP contribution in [0, 0.1) is 0 Å². The molecule has 4 heteroatoms. The summed E-state index contributed by atoms with van der Waals surface area (Å²) in [5.41, 5.74) is 8.56. The van der Waals surface area contributed by atoms with Gasteiger partial charge in [0.15, 0.2) is 11.7 Å². The Balaban J connectivity index is 1.59. The Bertz CT molecular complexity index is 1360. The lowest BCUT2D eigenvalue weighted by Crippen LogP contribution is -2.68. The van der Waals surface area contributed by atoms with Crippen LogP contribution >= 0.6 is 0 Å². The summed E-state index contributed by atoms with van der Waals surface area (Å²) in [5, 5.41) is 9.08. The number of hydrogen-bond donors (Lipinski definition) is 0. The molecule has 2 aromatic carbocycles. The summed E-state index contributed by atoms with van der Waals surface area (Å²) in [4.78, 5) is 0. The van der Waals surface area contributed by atoms with E-state index in [0.29, 0.717) is 0 Å². The van der Waals surface area contributed by atoms with Crippen molar-refractivity contribution >= 4 is 0 Å². The van der Waals surface area contributed by atoms with Crippen molar-refractivity contribution in [2.45, 2.75) is 84.1 Å². The van der Waals surface area contributed by atoms with Crippen LogP contribution in [0.4, 0.5) is 0 Å². The predicted molar refractivity (Wildman–Crippen MR) is 147 cm³/mol. The van der Waals surface area contributed by atoms with E-state index in [1.165, 1.54) is 35.2 Å². The highest BCUT2D eigenvalue weighted by Crippen LogP contribution is 2.51. The van der Waals surface area contributed by atoms with Gasteiger partial charge in [0, 0.05) is 30.5 Å². The fraction of sp³-hybridized carbons (Fsp3) is 0.406. The van der Waals surface area contributed by atoms with Crippen molar-refractivity contribution in [2.24, 2.45) is 0 Å². The van der Waals surface area contributed by atoms with E-state index < -0.39 is 0 Å². The molecular formula is C32H39N4+. The van der Waals surface area contributed by atoms with Crippen LogP contribution in [0.25, 0.3) is 28.2 Å². The third-order valence-electron chi connectivity index (χ3n) is 8.90. The lowest BCUT2D eigenvalue weighted by molar-refractivity contribution is -0.769. The fourth-order valence-corrected chi connectivity index (χ4v) is 6.60. The molecule has 1 unspecified atom stereocenters. The standard InChI is InChI=1S/C32H39N4/c1-6-10-14-24-15-13-16-25(21-24)29-23-36(34-33-29)26-18-19-28-27(22-26)30-17-11-12-20-35(30)32(8-3,9-4)31(28,5)7-2/h11-13,15-23H,6-10,14H2,1-5H3/q+1. The second-order valence-corrected chi connectivity index (χ2v) is 10.5. The van der Waals surface area contributed by atoms with Crippen molar-refractivity contribution < 1.29 is 4.57 Å². The monoisotopic (exact) mass is 479 g/mol. The van der Waals surface area contributed by atoms with E-state index in [4.69, 9.17) is 0 Å². The lowest BCUT2D eigenvalue weighted by atomic mass is 9.59. The normalized spacial score (nSPS) is 18.0. The zero-order valence-corrected chi connectivity index (χ0v) is 22.5. The molecule has 4 aromatic rings. The molecule has 0 spiro atoms. The van der Waals surface area contributed by atoms with Gasteiger partial charge >= 0.3 is 0 Å².